The lowest BCUT2D eigenvalue weighted by Crippen LogP contribution is -2.70. The maximum Gasteiger partial charge on any atom is 0.217 e. The molecule has 8 aromatic carbocycles. The summed E-state index contributed by atoms with van der Waals surface area (Å²) in [6, 6.07) is 76.4. The fraction of sp³-hybridized carbons (Fsp3) is 0.355. The number of carbonyl (C=O) groups is 1. The molecular weight excluding hydrogens is 1180 g/mol. The summed E-state index contributed by atoms with van der Waals surface area (Å²) in [5.74, 6) is -0.461. The molecule has 0 spiro atoms. The van der Waals surface area contributed by atoms with Crippen LogP contribution >= 0.6 is 0 Å². The highest BCUT2D eigenvalue weighted by Crippen LogP contribution is 2.38. The fourth-order valence-corrected chi connectivity index (χ4v) is 11.7. The summed E-state index contributed by atoms with van der Waals surface area (Å²) in [7, 11) is 0. The molecule has 3 aliphatic rings. The van der Waals surface area contributed by atoms with Crippen molar-refractivity contribution in [3.8, 4) is 0 Å². The largest absolute Gasteiger partial charge is 0.385 e. The van der Waals surface area contributed by atoms with Crippen LogP contribution in [0.15, 0.2) is 243 Å². The van der Waals surface area contributed by atoms with E-state index in [1.54, 1.807) is 0 Å². The molecule has 488 valence electrons. The Morgan fingerprint density at radius 2 is 0.613 bits per heavy atom. The van der Waals surface area contributed by atoms with Gasteiger partial charge >= 0.3 is 0 Å². The van der Waals surface area contributed by atoms with E-state index >= 15 is 0 Å². The topological polar surface area (TPSA) is 190 Å². The van der Waals surface area contributed by atoms with Crippen molar-refractivity contribution in [2.24, 2.45) is 0 Å². The summed E-state index contributed by atoms with van der Waals surface area (Å²) in [5, 5.41) is 28.7. The van der Waals surface area contributed by atoms with Gasteiger partial charge in [0.25, 0.3) is 0 Å². The van der Waals surface area contributed by atoms with E-state index in [4.69, 9.17) is 61.6 Å². The standard InChI is InChI=1S/C76H83NO16/c1-53(78)77-65-70(86-47-59-36-20-7-21-37-59)69(92-76-66(79)71(87-48-60-38-22-8-23-39-60)67(84-45-57-32-16-5-17-33-57)63(91-76)51-82-43-55-28-12-3-13-29-55)64(52-83-44-56-30-14-4-15-31-56)90-75(65)93-73-72(88-49-61-40-24-9-25-41-61)68(85-46-58-34-18-6-19-35-58)62(89-74(73)80)50-81-42-54-26-10-2-11-27-54/h2-41,62-76,79-80H,42-52H2,1H3,(H,77,78)/t62-,63-,64-,65-,66-,67+,68-,69-,70-,71-,72+,73+,74+,75+,76+/m1/s1. The van der Waals surface area contributed by atoms with Gasteiger partial charge in [0.1, 0.15) is 73.2 Å². The van der Waals surface area contributed by atoms with E-state index in [0.717, 1.165) is 44.5 Å². The molecule has 0 aromatic heterocycles. The Bertz CT molecular complexity index is 3370. The monoisotopic (exact) mass is 1270 g/mol. The molecule has 15 atom stereocenters. The van der Waals surface area contributed by atoms with Crippen LogP contribution in [-0.2, 0) is 119 Å². The summed E-state index contributed by atoms with van der Waals surface area (Å²) in [5.41, 5.74) is 7.10. The van der Waals surface area contributed by atoms with Crippen molar-refractivity contribution >= 4 is 5.91 Å². The van der Waals surface area contributed by atoms with E-state index in [9.17, 15) is 15.0 Å². The van der Waals surface area contributed by atoms with Crippen LogP contribution in [0.3, 0.4) is 0 Å². The number of amides is 1. The fourth-order valence-electron chi connectivity index (χ4n) is 11.7. The van der Waals surface area contributed by atoms with Crippen molar-refractivity contribution in [1.82, 2.24) is 5.32 Å². The number of nitrogens with one attached hydrogen (secondary N) is 1. The first-order valence-corrected chi connectivity index (χ1v) is 31.8. The maximum atomic E-state index is 13.9. The van der Waals surface area contributed by atoms with Crippen LogP contribution in [0.1, 0.15) is 51.4 Å². The SMILES string of the molecule is CC(=O)N[C@H]1[C@H](O[C@H]2[C@@H](OCc3ccccc3)[C@H](OCc3ccccc3)[C@@H](COCc3ccccc3)O[C@@H]2O)O[C@H](COCc2ccccc2)[C@@H](O[C@@H]2O[C@H](COCc3ccccc3)[C@H](OCc3ccccc3)[C@H](OCc3ccccc3)[C@H]2O)[C@@H]1OCc1ccccc1. The molecule has 17 nitrogen and oxygen atoms in total. The second-order valence-electron chi connectivity index (χ2n) is 23.4. The van der Waals surface area contributed by atoms with Gasteiger partial charge in [-0.1, -0.05) is 243 Å². The normalized spacial score (nSPS) is 26.3. The summed E-state index contributed by atoms with van der Waals surface area (Å²) in [6.45, 7) is 2.49. The molecule has 17 heteroatoms. The first-order valence-electron chi connectivity index (χ1n) is 31.8. The predicted octanol–water partition coefficient (Wildman–Crippen LogP) is 10.4. The molecule has 0 aliphatic carbocycles. The molecule has 3 saturated heterocycles. The Labute approximate surface area is 544 Å². The van der Waals surface area contributed by atoms with E-state index in [-0.39, 0.29) is 72.7 Å². The summed E-state index contributed by atoms with van der Waals surface area (Å²) in [4.78, 5) is 13.9. The number of benzene rings is 8. The third-order valence-electron chi connectivity index (χ3n) is 16.4. The maximum absolute atomic E-state index is 13.9. The number of carbonyl (C=O) groups excluding carboxylic acids is 1. The smallest absolute Gasteiger partial charge is 0.217 e. The van der Waals surface area contributed by atoms with E-state index in [2.05, 4.69) is 5.32 Å². The highest BCUT2D eigenvalue weighted by atomic mass is 16.8. The van der Waals surface area contributed by atoms with Gasteiger partial charge in [0, 0.05) is 6.92 Å². The van der Waals surface area contributed by atoms with Crippen LogP contribution in [-0.4, -0.2) is 128 Å². The van der Waals surface area contributed by atoms with Gasteiger partial charge in [-0.3, -0.25) is 4.79 Å². The van der Waals surface area contributed by atoms with Crippen LogP contribution < -0.4 is 5.32 Å². The Kier molecular flexibility index (Phi) is 25.4. The van der Waals surface area contributed by atoms with Gasteiger partial charge in [-0.05, 0) is 44.5 Å². The molecular formula is C76H83NO16. The minimum atomic E-state index is -1.67. The van der Waals surface area contributed by atoms with E-state index in [1.807, 2.05) is 243 Å². The number of aliphatic hydroxyl groups is 2. The first kappa shape index (κ1) is 67.1. The molecule has 3 N–H and O–H groups in total. The lowest BCUT2D eigenvalue weighted by atomic mass is 9.94. The van der Waals surface area contributed by atoms with Crippen molar-refractivity contribution in [2.45, 2.75) is 152 Å². The van der Waals surface area contributed by atoms with Crippen LogP contribution in [0.25, 0.3) is 0 Å². The van der Waals surface area contributed by atoms with Gasteiger partial charge in [0.15, 0.2) is 18.9 Å². The molecule has 11 rings (SSSR count). The third kappa shape index (κ3) is 19.6. The highest BCUT2D eigenvalue weighted by Gasteiger charge is 2.56. The number of hydrogen-bond acceptors (Lipinski definition) is 16. The molecule has 3 heterocycles. The zero-order valence-electron chi connectivity index (χ0n) is 52.1. The molecule has 0 saturated carbocycles. The van der Waals surface area contributed by atoms with Crippen molar-refractivity contribution in [3.63, 3.8) is 0 Å². The Morgan fingerprint density at radius 3 is 0.978 bits per heavy atom. The summed E-state index contributed by atoms with van der Waals surface area (Å²) >= 11 is 0. The molecule has 93 heavy (non-hydrogen) atoms. The minimum Gasteiger partial charge on any atom is -0.385 e. The van der Waals surface area contributed by atoms with E-state index in [0.29, 0.717) is 0 Å². The van der Waals surface area contributed by atoms with Gasteiger partial charge in [0.2, 0.25) is 5.91 Å². The molecule has 0 bridgehead atoms. The molecule has 0 unspecified atom stereocenters. The van der Waals surface area contributed by atoms with Gasteiger partial charge in [-0.2, -0.15) is 0 Å². The Hall–Kier alpha value is -7.37. The second kappa shape index (κ2) is 35.2. The number of aliphatic hydroxyl groups excluding tert-OH is 2. The first-order chi connectivity index (χ1) is 45.8. The zero-order chi connectivity index (χ0) is 63.8. The van der Waals surface area contributed by atoms with Crippen molar-refractivity contribution < 1.29 is 76.6 Å². The molecule has 8 aromatic rings. The van der Waals surface area contributed by atoms with Gasteiger partial charge in [0.05, 0.1) is 72.7 Å². The van der Waals surface area contributed by atoms with Crippen LogP contribution in [0, 0.1) is 0 Å². The second-order valence-corrected chi connectivity index (χ2v) is 23.4. The van der Waals surface area contributed by atoms with Crippen molar-refractivity contribution in [3.05, 3.63) is 287 Å². The van der Waals surface area contributed by atoms with Gasteiger partial charge in [-0.15, -0.1) is 0 Å². The number of ether oxygens (including phenoxy) is 13. The van der Waals surface area contributed by atoms with E-state index in [1.165, 1.54) is 6.92 Å². The lowest BCUT2D eigenvalue weighted by Gasteiger charge is -2.51. The molecule has 3 fully saturated rings. The Morgan fingerprint density at radius 1 is 0.333 bits per heavy atom. The summed E-state index contributed by atoms with van der Waals surface area (Å²) in [6.07, 6.45) is -16.6. The highest BCUT2D eigenvalue weighted by molar-refractivity contribution is 5.73. The molecule has 1 amide bonds. The van der Waals surface area contributed by atoms with E-state index < -0.39 is 98.0 Å². The third-order valence-corrected chi connectivity index (χ3v) is 16.4. The molecule has 0 radical (unpaired) electrons. The number of rotatable bonds is 32. The number of hydrogen-bond donors (Lipinski definition) is 3. The van der Waals surface area contributed by atoms with Crippen LogP contribution in [0.4, 0.5) is 0 Å². The predicted molar refractivity (Wildman–Crippen MR) is 345 cm³/mol. The minimum absolute atomic E-state index is 0.00460. The van der Waals surface area contributed by atoms with Gasteiger partial charge in [-0.25, -0.2) is 0 Å². The van der Waals surface area contributed by atoms with Crippen molar-refractivity contribution in [2.75, 3.05) is 19.8 Å². The average Bonchev–Trinajstić information content (AvgIpc) is 0.791. The quantitative estimate of drug-likeness (QED) is 0.0361. The molecule has 3 aliphatic heterocycles. The van der Waals surface area contributed by atoms with Gasteiger partial charge < -0.3 is 77.1 Å². The van der Waals surface area contributed by atoms with Crippen LogP contribution in [0.5, 0.6) is 0 Å². The Balaban J connectivity index is 0.958. The van der Waals surface area contributed by atoms with Crippen molar-refractivity contribution in [1.29, 1.82) is 0 Å². The van der Waals surface area contributed by atoms with Crippen LogP contribution in [0.2, 0.25) is 0 Å². The lowest BCUT2D eigenvalue weighted by molar-refractivity contribution is -0.379. The average molecular weight is 1270 g/mol. The zero-order valence-corrected chi connectivity index (χ0v) is 52.1. The summed E-state index contributed by atoms with van der Waals surface area (Å²) < 4.78 is 89.0.